The highest BCUT2D eigenvalue weighted by molar-refractivity contribution is 9.10. The first-order chi connectivity index (χ1) is 9.17. The maximum absolute atomic E-state index is 5.46. The zero-order valence-electron chi connectivity index (χ0n) is 11.4. The normalized spacial score (nSPS) is 12.2. The van der Waals surface area contributed by atoms with Crippen molar-refractivity contribution in [2.24, 2.45) is 0 Å². The zero-order valence-corrected chi connectivity index (χ0v) is 13.0. The number of methoxy groups -OCH3 is 1. The van der Waals surface area contributed by atoms with Crippen LogP contribution in [0.3, 0.4) is 0 Å². The number of hydrogen-bond acceptors (Lipinski definition) is 2. The molecule has 0 aromatic heterocycles. The van der Waals surface area contributed by atoms with Gasteiger partial charge in [0.2, 0.25) is 0 Å². The summed E-state index contributed by atoms with van der Waals surface area (Å²) in [5, 5.41) is 3.37. The maximum atomic E-state index is 5.46. The highest BCUT2D eigenvalue weighted by Crippen LogP contribution is 2.33. The third-order valence-corrected chi connectivity index (χ3v) is 3.92. The number of halogens is 1. The Morgan fingerprint density at radius 2 is 1.84 bits per heavy atom. The van der Waals surface area contributed by atoms with Crippen molar-refractivity contribution < 1.29 is 4.74 Å². The summed E-state index contributed by atoms with van der Waals surface area (Å²) in [6.45, 7) is 2.10. The van der Waals surface area contributed by atoms with Crippen molar-refractivity contribution in [2.45, 2.75) is 13.0 Å². The van der Waals surface area contributed by atoms with E-state index < -0.39 is 0 Å². The van der Waals surface area contributed by atoms with Gasteiger partial charge in [-0.3, -0.25) is 0 Å². The maximum Gasteiger partial charge on any atom is 0.123 e. The first kappa shape index (κ1) is 14.1. The molecule has 0 saturated carbocycles. The second kappa shape index (κ2) is 6.22. The Morgan fingerprint density at radius 1 is 1.11 bits per heavy atom. The molecule has 0 saturated heterocycles. The van der Waals surface area contributed by atoms with E-state index in [1.807, 2.05) is 25.2 Å². The monoisotopic (exact) mass is 319 g/mol. The van der Waals surface area contributed by atoms with Gasteiger partial charge in [-0.25, -0.2) is 0 Å². The fourth-order valence-electron chi connectivity index (χ4n) is 2.27. The van der Waals surface area contributed by atoms with E-state index in [0.717, 1.165) is 15.8 Å². The predicted octanol–water partition coefficient (Wildman–Crippen LogP) is 4.07. The summed E-state index contributed by atoms with van der Waals surface area (Å²) >= 11 is 3.63. The lowest BCUT2D eigenvalue weighted by Gasteiger charge is -2.21. The number of hydrogen-bond donors (Lipinski definition) is 1. The molecule has 0 aliphatic heterocycles. The molecule has 0 aliphatic rings. The number of para-hydroxylation sites is 1. The molecule has 0 fully saturated rings. The highest BCUT2D eigenvalue weighted by atomic mass is 79.9. The Balaban J connectivity index is 2.53. The van der Waals surface area contributed by atoms with Gasteiger partial charge in [0.15, 0.2) is 0 Å². The minimum atomic E-state index is 0.102. The minimum absolute atomic E-state index is 0.102. The lowest BCUT2D eigenvalue weighted by Crippen LogP contribution is -2.19. The van der Waals surface area contributed by atoms with E-state index in [2.05, 4.69) is 52.4 Å². The average molecular weight is 320 g/mol. The summed E-state index contributed by atoms with van der Waals surface area (Å²) in [6.07, 6.45) is 0. The third-order valence-electron chi connectivity index (χ3n) is 3.20. The molecule has 2 rings (SSSR count). The quantitative estimate of drug-likeness (QED) is 0.917. The van der Waals surface area contributed by atoms with Gasteiger partial charge in [0.1, 0.15) is 5.75 Å². The summed E-state index contributed by atoms with van der Waals surface area (Å²) < 4.78 is 6.56. The Morgan fingerprint density at radius 3 is 2.53 bits per heavy atom. The van der Waals surface area contributed by atoms with E-state index >= 15 is 0 Å². The molecule has 1 atom stereocenters. The van der Waals surface area contributed by atoms with Crippen molar-refractivity contribution in [2.75, 3.05) is 14.2 Å². The molecule has 2 aromatic rings. The topological polar surface area (TPSA) is 21.3 Å². The van der Waals surface area contributed by atoms with Gasteiger partial charge in [-0.05, 0) is 31.7 Å². The van der Waals surface area contributed by atoms with Crippen LogP contribution in [0.15, 0.2) is 46.9 Å². The van der Waals surface area contributed by atoms with E-state index in [1.54, 1.807) is 7.11 Å². The number of ether oxygens (including phenoxy) is 1. The van der Waals surface area contributed by atoms with Crippen LogP contribution in [-0.2, 0) is 0 Å². The fraction of sp³-hybridized carbons (Fsp3) is 0.250. The van der Waals surface area contributed by atoms with Crippen LogP contribution in [0, 0.1) is 6.92 Å². The molecule has 100 valence electrons. The lowest BCUT2D eigenvalue weighted by atomic mass is 9.97. The van der Waals surface area contributed by atoms with Gasteiger partial charge in [-0.15, -0.1) is 0 Å². The van der Waals surface area contributed by atoms with Gasteiger partial charge in [-0.1, -0.05) is 51.8 Å². The summed E-state index contributed by atoms with van der Waals surface area (Å²) in [6, 6.07) is 14.6. The summed E-state index contributed by atoms with van der Waals surface area (Å²) in [5.74, 6) is 0.898. The first-order valence-electron chi connectivity index (χ1n) is 6.23. The molecule has 2 aromatic carbocycles. The van der Waals surface area contributed by atoms with Gasteiger partial charge < -0.3 is 10.1 Å². The summed E-state index contributed by atoms with van der Waals surface area (Å²) in [7, 11) is 3.67. The summed E-state index contributed by atoms with van der Waals surface area (Å²) in [4.78, 5) is 0. The Bertz CT molecular complexity index is 568. The number of benzene rings is 2. The Hall–Kier alpha value is -1.32. The molecule has 0 radical (unpaired) electrons. The standard InChI is InChI=1S/C16H18BrNO/c1-11-8-9-14(17)13(10-11)16(18-2)12-6-4-5-7-15(12)19-3/h4-10,16,18H,1-3H3. The van der Waals surface area contributed by atoms with Gasteiger partial charge in [0.25, 0.3) is 0 Å². The second-order valence-corrected chi connectivity index (χ2v) is 5.34. The van der Waals surface area contributed by atoms with Crippen LogP contribution in [0.4, 0.5) is 0 Å². The molecule has 0 heterocycles. The van der Waals surface area contributed by atoms with E-state index in [-0.39, 0.29) is 6.04 Å². The first-order valence-corrected chi connectivity index (χ1v) is 7.03. The van der Waals surface area contributed by atoms with Crippen molar-refractivity contribution in [1.82, 2.24) is 5.32 Å². The van der Waals surface area contributed by atoms with Crippen LogP contribution in [0.5, 0.6) is 5.75 Å². The van der Waals surface area contributed by atoms with Crippen LogP contribution in [0.1, 0.15) is 22.7 Å². The highest BCUT2D eigenvalue weighted by Gasteiger charge is 2.18. The molecule has 0 bridgehead atoms. The van der Waals surface area contributed by atoms with Crippen molar-refractivity contribution in [3.8, 4) is 5.75 Å². The predicted molar refractivity (Wildman–Crippen MR) is 82.8 cm³/mol. The van der Waals surface area contributed by atoms with E-state index in [9.17, 15) is 0 Å². The van der Waals surface area contributed by atoms with Gasteiger partial charge in [0, 0.05) is 10.0 Å². The molecule has 3 heteroatoms. The Kier molecular flexibility index (Phi) is 4.61. The van der Waals surface area contributed by atoms with Crippen molar-refractivity contribution >= 4 is 15.9 Å². The molecule has 0 amide bonds. The zero-order chi connectivity index (χ0) is 13.8. The molecule has 19 heavy (non-hydrogen) atoms. The van der Waals surface area contributed by atoms with Gasteiger partial charge >= 0.3 is 0 Å². The van der Waals surface area contributed by atoms with Crippen LogP contribution < -0.4 is 10.1 Å². The van der Waals surface area contributed by atoms with Crippen LogP contribution in [-0.4, -0.2) is 14.2 Å². The van der Waals surface area contributed by atoms with Crippen LogP contribution >= 0.6 is 15.9 Å². The Labute approximate surface area is 122 Å². The minimum Gasteiger partial charge on any atom is -0.496 e. The third kappa shape index (κ3) is 2.99. The number of nitrogens with one attached hydrogen (secondary N) is 1. The molecule has 0 aliphatic carbocycles. The molecular weight excluding hydrogens is 302 g/mol. The van der Waals surface area contributed by atoms with Crippen LogP contribution in [0.2, 0.25) is 0 Å². The largest absolute Gasteiger partial charge is 0.496 e. The SMILES string of the molecule is CNC(c1cc(C)ccc1Br)c1ccccc1OC. The van der Waals surface area contributed by atoms with E-state index in [4.69, 9.17) is 4.74 Å². The van der Waals surface area contributed by atoms with E-state index in [1.165, 1.54) is 11.1 Å². The molecule has 1 N–H and O–H groups in total. The van der Waals surface area contributed by atoms with Crippen molar-refractivity contribution in [1.29, 1.82) is 0 Å². The van der Waals surface area contributed by atoms with Crippen molar-refractivity contribution in [3.63, 3.8) is 0 Å². The van der Waals surface area contributed by atoms with Gasteiger partial charge in [0.05, 0.1) is 13.2 Å². The van der Waals surface area contributed by atoms with Gasteiger partial charge in [-0.2, -0.15) is 0 Å². The smallest absolute Gasteiger partial charge is 0.123 e. The van der Waals surface area contributed by atoms with E-state index in [0.29, 0.717) is 0 Å². The molecule has 2 nitrogen and oxygen atoms in total. The summed E-state index contributed by atoms with van der Waals surface area (Å²) in [5.41, 5.74) is 3.60. The molecule has 1 unspecified atom stereocenters. The average Bonchev–Trinajstić information content (AvgIpc) is 2.44. The molecular formula is C16H18BrNO. The lowest BCUT2D eigenvalue weighted by molar-refractivity contribution is 0.405. The second-order valence-electron chi connectivity index (χ2n) is 4.49. The number of aryl methyl sites for hydroxylation is 1. The van der Waals surface area contributed by atoms with Crippen molar-refractivity contribution in [3.05, 3.63) is 63.6 Å². The molecule has 0 spiro atoms. The number of rotatable bonds is 4. The fourth-order valence-corrected chi connectivity index (χ4v) is 2.74. The van der Waals surface area contributed by atoms with Crippen LogP contribution in [0.25, 0.3) is 0 Å².